The Labute approximate surface area is 115 Å². The van der Waals surface area contributed by atoms with Gasteiger partial charge in [-0.2, -0.15) is 5.10 Å². The zero-order valence-corrected chi connectivity index (χ0v) is 12.0. The highest BCUT2D eigenvalue weighted by molar-refractivity contribution is 7.12. The quantitative estimate of drug-likeness (QED) is 0.881. The first-order valence-corrected chi connectivity index (χ1v) is 6.84. The van der Waals surface area contributed by atoms with Crippen LogP contribution in [0.2, 0.25) is 0 Å². The van der Waals surface area contributed by atoms with Crippen LogP contribution in [0, 0.1) is 6.92 Å². The van der Waals surface area contributed by atoms with Gasteiger partial charge in [-0.25, -0.2) is 4.79 Å². The Morgan fingerprint density at radius 1 is 1.58 bits per heavy atom. The van der Waals surface area contributed by atoms with Crippen LogP contribution in [0.25, 0.3) is 0 Å². The molecule has 0 aliphatic rings. The molecular formula is C13H17N3O2S. The highest BCUT2D eigenvalue weighted by Crippen LogP contribution is 2.22. The Hall–Kier alpha value is -1.66. The number of carboxylic acids is 1. The number of aromatic carboxylic acids is 1. The smallest absolute Gasteiger partial charge is 0.339 e. The van der Waals surface area contributed by atoms with Crippen LogP contribution in [0.3, 0.4) is 0 Å². The number of carbonyl (C=O) groups is 1. The first kappa shape index (κ1) is 13.8. The second-order valence-corrected chi connectivity index (χ2v) is 5.80. The Morgan fingerprint density at radius 3 is 2.89 bits per heavy atom. The number of nitrogens with zero attached hydrogens (tertiary/aromatic N) is 2. The van der Waals surface area contributed by atoms with E-state index in [1.807, 2.05) is 0 Å². The topological polar surface area (TPSA) is 67.2 Å². The van der Waals surface area contributed by atoms with Gasteiger partial charge in [0, 0.05) is 29.4 Å². The van der Waals surface area contributed by atoms with E-state index < -0.39 is 5.97 Å². The normalized spacial score (nSPS) is 12.6. The molecule has 0 aromatic carbocycles. The highest BCUT2D eigenvalue weighted by atomic mass is 32.1. The molecule has 0 aliphatic heterocycles. The van der Waals surface area contributed by atoms with E-state index in [0.29, 0.717) is 12.2 Å². The van der Waals surface area contributed by atoms with Gasteiger partial charge >= 0.3 is 5.97 Å². The summed E-state index contributed by atoms with van der Waals surface area (Å²) in [5.41, 5.74) is 0.942. The molecule has 2 aromatic rings. The molecule has 0 spiro atoms. The van der Waals surface area contributed by atoms with Gasteiger partial charge in [0.05, 0.1) is 11.9 Å². The summed E-state index contributed by atoms with van der Waals surface area (Å²) in [6.45, 7) is 4.63. The molecule has 1 unspecified atom stereocenters. The number of rotatable bonds is 5. The van der Waals surface area contributed by atoms with Crippen molar-refractivity contribution in [1.82, 2.24) is 15.1 Å². The van der Waals surface area contributed by atoms with Crippen molar-refractivity contribution in [3.05, 3.63) is 39.3 Å². The fourth-order valence-electron chi connectivity index (χ4n) is 1.89. The van der Waals surface area contributed by atoms with Crippen LogP contribution in [-0.4, -0.2) is 20.9 Å². The van der Waals surface area contributed by atoms with Crippen LogP contribution in [0.4, 0.5) is 0 Å². The molecule has 0 radical (unpaired) electrons. The molecule has 102 valence electrons. The van der Waals surface area contributed by atoms with E-state index in [4.69, 9.17) is 5.11 Å². The molecule has 0 bridgehead atoms. The fraction of sp³-hybridized carbons (Fsp3) is 0.385. The summed E-state index contributed by atoms with van der Waals surface area (Å²) in [6, 6.07) is 4.37. The van der Waals surface area contributed by atoms with Crippen molar-refractivity contribution in [3.63, 3.8) is 0 Å². The van der Waals surface area contributed by atoms with Gasteiger partial charge in [0.1, 0.15) is 5.56 Å². The number of hydrogen-bond donors (Lipinski definition) is 2. The van der Waals surface area contributed by atoms with Gasteiger partial charge in [-0.05, 0) is 26.0 Å². The first-order valence-electron chi connectivity index (χ1n) is 6.03. The maximum atomic E-state index is 11.1. The van der Waals surface area contributed by atoms with Crippen molar-refractivity contribution in [1.29, 1.82) is 0 Å². The van der Waals surface area contributed by atoms with Crippen LogP contribution >= 0.6 is 11.3 Å². The zero-order valence-electron chi connectivity index (χ0n) is 11.2. The zero-order chi connectivity index (χ0) is 14.0. The lowest BCUT2D eigenvalue weighted by atomic mass is 10.2. The third-order valence-corrected chi connectivity index (χ3v) is 4.24. The van der Waals surface area contributed by atoms with Crippen LogP contribution in [0.5, 0.6) is 0 Å². The SMILES string of the molecule is Cc1ccc(C(C)NCc2c(C(=O)O)cnn2C)s1. The lowest BCUT2D eigenvalue weighted by Crippen LogP contribution is -2.20. The molecule has 0 fully saturated rings. The minimum absolute atomic E-state index is 0.190. The van der Waals surface area contributed by atoms with Crippen molar-refractivity contribution in [3.8, 4) is 0 Å². The van der Waals surface area contributed by atoms with Gasteiger partial charge in [-0.15, -0.1) is 11.3 Å². The summed E-state index contributed by atoms with van der Waals surface area (Å²) in [5, 5.41) is 16.4. The lowest BCUT2D eigenvalue weighted by Gasteiger charge is -2.12. The van der Waals surface area contributed by atoms with Gasteiger partial charge in [0.15, 0.2) is 0 Å². The molecule has 5 nitrogen and oxygen atoms in total. The largest absolute Gasteiger partial charge is 0.478 e. The monoisotopic (exact) mass is 279 g/mol. The summed E-state index contributed by atoms with van der Waals surface area (Å²) in [7, 11) is 1.75. The molecule has 19 heavy (non-hydrogen) atoms. The third-order valence-electron chi connectivity index (χ3n) is 3.06. The van der Waals surface area contributed by atoms with Gasteiger partial charge in [-0.3, -0.25) is 4.68 Å². The average molecular weight is 279 g/mol. The highest BCUT2D eigenvalue weighted by Gasteiger charge is 2.16. The predicted octanol–water partition coefficient (Wildman–Crippen LogP) is 2.34. The van der Waals surface area contributed by atoms with Crippen LogP contribution in [-0.2, 0) is 13.6 Å². The minimum atomic E-state index is -0.940. The van der Waals surface area contributed by atoms with Gasteiger partial charge in [0.25, 0.3) is 0 Å². The third kappa shape index (κ3) is 3.02. The van der Waals surface area contributed by atoms with E-state index >= 15 is 0 Å². The van der Waals surface area contributed by atoms with Crippen LogP contribution in [0.15, 0.2) is 18.3 Å². The molecule has 6 heteroatoms. The summed E-state index contributed by atoms with van der Waals surface area (Å²) >= 11 is 1.75. The molecule has 1 atom stereocenters. The Balaban J connectivity index is 2.06. The Kier molecular flexibility index (Phi) is 4.01. The van der Waals surface area contributed by atoms with Gasteiger partial charge in [0.2, 0.25) is 0 Å². The van der Waals surface area contributed by atoms with E-state index in [2.05, 4.69) is 36.4 Å². The lowest BCUT2D eigenvalue weighted by molar-refractivity contribution is 0.0695. The Bertz CT molecular complexity index is 588. The van der Waals surface area contributed by atoms with Crippen molar-refractivity contribution in [2.24, 2.45) is 7.05 Å². The number of aryl methyl sites for hydroxylation is 2. The second kappa shape index (κ2) is 5.54. The van der Waals surface area contributed by atoms with E-state index in [1.165, 1.54) is 16.0 Å². The molecule has 2 heterocycles. The van der Waals surface area contributed by atoms with E-state index in [9.17, 15) is 4.79 Å². The van der Waals surface area contributed by atoms with E-state index in [0.717, 1.165) is 0 Å². The molecule has 2 rings (SSSR count). The van der Waals surface area contributed by atoms with Crippen molar-refractivity contribution < 1.29 is 9.90 Å². The molecule has 0 saturated heterocycles. The number of hydrogen-bond acceptors (Lipinski definition) is 4. The number of aromatic nitrogens is 2. The number of carboxylic acid groups (broad SMARTS) is 1. The predicted molar refractivity (Wildman–Crippen MR) is 74.5 cm³/mol. The summed E-state index contributed by atoms with van der Waals surface area (Å²) in [5.74, 6) is -0.940. The molecule has 2 N–H and O–H groups in total. The molecular weight excluding hydrogens is 262 g/mol. The van der Waals surface area contributed by atoms with Crippen molar-refractivity contribution >= 4 is 17.3 Å². The first-order chi connectivity index (χ1) is 8.99. The molecule has 2 aromatic heterocycles. The summed E-state index contributed by atoms with van der Waals surface area (Å²) < 4.78 is 1.60. The van der Waals surface area contributed by atoms with Crippen molar-refractivity contribution in [2.45, 2.75) is 26.4 Å². The van der Waals surface area contributed by atoms with Gasteiger partial charge < -0.3 is 10.4 Å². The van der Waals surface area contributed by atoms with E-state index in [1.54, 1.807) is 23.1 Å². The maximum Gasteiger partial charge on any atom is 0.339 e. The summed E-state index contributed by atoms with van der Waals surface area (Å²) in [4.78, 5) is 13.6. The standard InChI is InChI=1S/C13H17N3O2S/c1-8-4-5-12(19-8)9(2)14-7-11-10(13(17)18)6-15-16(11)3/h4-6,9,14H,7H2,1-3H3,(H,17,18). The fourth-order valence-corrected chi connectivity index (χ4v) is 2.79. The van der Waals surface area contributed by atoms with Crippen molar-refractivity contribution in [2.75, 3.05) is 0 Å². The summed E-state index contributed by atoms with van der Waals surface area (Å²) in [6.07, 6.45) is 1.39. The molecule has 0 amide bonds. The number of thiophene rings is 1. The van der Waals surface area contributed by atoms with Crippen LogP contribution in [0.1, 0.15) is 38.8 Å². The van der Waals surface area contributed by atoms with E-state index in [-0.39, 0.29) is 11.6 Å². The number of nitrogens with one attached hydrogen (secondary N) is 1. The van der Waals surface area contributed by atoms with Gasteiger partial charge in [-0.1, -0.05) is 0 Å². The molecule has 0 saturated carbocycles. The van der Waals surface area contributed by atoms with Crippen LogP contribution < -0.4 is 5.32 Å². The maximum absolute atomic E-state index is 11.1. The molecule has 0 aliphatic carbocycles. The average Bonchev–Trinajstić information content (AvgIpc) is 2.93. The Morgan fingerprint density at radius 2 is 2.32 bits per heavy atom. The minimum Gasteiger partial charge on any atom is -0.478 e. The second-order valence-electron chi connectivity index (χ2n) is 4.48.